The lowest BCUT2D eigenvalue weighted by Gasteiger charge is -2.30. The maximum atomic E-state index is 12.1. The fourth-order valence-corrected chi connectivity index (χ4v) is 3.88. The zero-order chi connectivity index (χ0) is 13.8. The van der Waals surface area contributed by atoms with Crippen LogP contribution >= 0.6 is 11.8 Å². The van der Waals surface area contributed by atoms with Gasteiger partial charge in [0.05, 0.1) is 19.0 Å². The Morgan fingerprint density at radius 1 is 1.15 bits per heavy atom. The lowest BCUT2D eigenvalue weighted by Crippen LogP contribution is -2.42. The van der Waals surface area contributed by atoms with Crippen molar-refractivity contribution in [2.75, 3.05) is 45.1 Å². The number of ether oxygens (including phenoxy) is 1. The number of benzene rings is 1. The molecule has 2 aliphatic rings. The molecule has 2 heterocycles. The Bertz CT molecular complexity index is 448. The van der Waals surface area contributed by atoms with Gasteiger partial charge >= 0.3 is 0 Å². The SMILES string of the molecule is O=C1CSC(c2ccccc2)N1CCN1CCOCC1. The first-order chi connectivity index (χ1) is 9.84. The van der Waals surface area contributed by atoms with Crippen LogP contribution in [-0.4, -0.2) is 60.9 Å². The minimum Gasteiger partial charge on any atom is -0.379 e. The molecular formula is C15H20N2O2S. The van der Waals surface area contributed by atoms with Crippen molar-refractivity contribution in [3.63, 3.8) is 0 Å². The maximum Gasteiger partial charge on any atom is 0.233 e. The summed E-state index contributed by atoms with van der Waals surface area (Å²) in [7, 11) is 0. The number of hydrogen-bond donors (Lipinski definition) is 0. The molecule has 1 aromatic carbocycles. The highest BCUT2D eigenvalue weighted by molar-refractivity contribution is 8.00. The number of amides is 1. The molecule has 0 N–H and O–H groups in total. The molecule has 0 spiro atoms. The van der Waals surface area contributed by atoms with E-state index in [1.807, 2.05) is 23.1 Å². The van der Waals surface area contributed by atoms with Crippen LogP contribution in [-0.2, 0) is 9.53 Å². The highest BCUT2D eigenvalue weighted by atomic mass is 32.2. The van der Waals surface area contributed by atoms with Gasteiger partial charge in [-0.3, -0.25) is 9.69 Å². The summed E-state index contributed by atoms with van der Waals surface area (Å²) < 4.78 is 5.36. The van der Waals surface area contributed by atoms with Crippen molar-refractivity contribution in [3.8, 4) is 0 Å². The minimum absolute atomic E-state index is 0.185. The summed E-state index contributed by atoms with van der Waals surface area (Å²) in [5.74, 6) is 0.861. The molecule has 1 aromatic rings. The molecule has 3 rings (SSSR count). The molecule has 0 aliphatic carbocycles. The quantitative estimate of drug-likeness (QED) is 0.844. The van der Waals surface area contributed by atoms with E-state index in [0.29, 0.717) is 5.75 Å². The Morgan fingerprint density at radius 3 is 2.65 bits per heavy atom. The van der Waals surface area contributed by atoms with Crippen molar-refractivity contribution in [1.29, 1.82) is 0 Å². The fraction of sp³-hybridized carbons (Fsp3) is 0.533. The number of hydrogen-bond acceptors (Lipinski definition) is 4. The van der Waals surface area contributed by atoms with Crippen LogP contribution in [0.4, 0.5) is 0 Å². The van der Waals surface area contributed by atoms with E-state index in [4.69, 9.17) is 4.74 Å². The third kappa shape index (κ3) is 3.16. The zero-order valence-corrected chi connectivity index (χ0v) is 12.3. The lowest BCUT2D eigenvalue weighted by molar-refractivity contribution is -0.128. The van der Waals surface area contributed by atoms with Crippen LogP contribution in [0, 0.1) is 0 Å². The average Bonchev–Trinajstić information content (AvgIpc) is 2.88. The number of thioether (sulfide) groups is 1. The number of carbonyl (C=O) groups is 1. The molecule has 108 valence electrons. The van der Waals surface area contributed by atoms with Crippen LogP contribution in [0.3, 0.4) is 0 Å². The molecule has 1 atom stereocenters. The van der Waals surface area contributed by atoms with Crippen molar-refractivity contribution in [3.05, 3.63) is 35.9 Å². The number of morpholine rings is 1. The molecule has 0 bridgehead atoms. The van der Waals surface area contributed by atoms with Crippen LogP contribution in [0.2, 0.25) is 0 Å². The summed E-state index contributed by atoms with van der Waals surface area (Å²) in [6, 6.07) is 10.3. The standard InChI is InChI=1S/C15H20N2O2S/c18-14-12-20-15(13-4-2-1-3-5-13)17(14)7-6-16-8-10-19-11-9-16/h1-5,15H,6-12H2. The molecule has 2 fully saturated rings. The third-order valence-electron chi connectivity index (χ3n) is 3.81. The number of carbonyl (C=O) groups excluding carboxylic acids is 1. The second-order valence-electron chi connectivity index (χ2n) is 5.12. The third-order valence-corrected chi connectivity index (χ3v) is 5.07. The molecule has 20 heavy (non-hydrogen) atoms. The summed E-state index contributed by atoms with van der Waals surface area (Å²) in [6.07, 6.45) is 0. The molecular weight excluding hydrogens is 272 g/mol. The predicted octanol–water partition coefficient (Wildman–Crippen LogP) is 1.59. The van der Waals surface area contributed by atoms with Crippen molar-refractivity contribution in [2.24, 2.45) is 0 Å². The van der Waals surface area contributed by atoms with Crippen LogP contribution in [0.1, 0.15) is 10.9 Å². The smallest absolute Gasteiger partial charge is 0.233 e. The molecule has 2 saturated heterocycles. The van der Waals surface area contributed by atoms with E-state index < -0.39 is 0 Å². The Kier molecular flexibility index (Phi) is 4.60. The van der Waals surface area contributed by atoms with Crippen LogP contribution in [0.25, 0.3) is 0 Å². The van der Waals surface area contributed by atoms with Gasteiger partial charge in [0.2, 0.25) is 5.91 Å². The Hall–Kier alpha value is -1.04. The number of rotatable bonds is 4. The van der Waals surface area contributed by atoms with Gasteiger partial charge in [0, 0.05) is 26.2 Å². The summed E-state index contributed by atoms with van der Waals surface area (Å²) in [5, 5.41) is 0.185. The van der Waals surface area contributed by atoms with Crippen molar-refractivity contribution < 1.29 is 9.53 Å². The van der Waals surface area contributed by atoms with Gasteiger partial charge in [-0.15, -0.1) is 11.8 Å². The van der Waals surface area contributed by atoms with Crippen molar-refractivity contribution in [1.82, 2.24) is 9.80 Å². The topological polar surface area (TPSA) is 32.8 Å². The summed E-state index contributed by atoms with van der Waals surface area (Å²) >= 11 is 1.73. The van der Waals surface area contributed by atoms with Crippen LogP contribution < -0.4 is 0 Å². The second kappa shape index (κ2) is 6.61. The van der Waals surface area contributed by atoms with Gasteiger partial charge in [0.25, 0.3) is 0 Å². The van der Waals surface area contributed by atoms with E-state index in [1.165, 1.54) is 5.56 Å². The molecule has 0 radical (unpaired) electrons. The highest BCUT2D eigenvalue weighted by Gasteiger charge is 2.32. The van der Waals surface area contributed by atoms with Gasteiger partial charge in [0.1, 0.15) is 5.37 Å². The van der Waals surface area contributed by atoms with E-state index in [9.17, 15) is 4.79 Å². The molecule has 1 unspecified atom stereocenters. The van der Waals surface area contributed by atoms with Gasteiger partial charge in [-0.1, -0.05) is 30.3 Å². The van der Waals surface area contributed by atoms with E-state index in [2.05, 4.69) is 17.0 Å². The average molecular weight is 292 g/mol. The fourth-order valence-electron chi connectivity index (χ4n) is 2.66. The van der Waals surface area contributed by atoms with Gasteiger partial charge in [0.15, 0.2) is 0 Å². The van der Waals surface area contributed by atoms with Crippen LogP contribution in [0.5, 0.6) is 0 Å². The molecule has 1 amide bonds. The van der Waals surface area contributed by atoms with Crippen molar-refractivity contribution >= 4 is 17.7 Å². The van der Waals surface area contributed by atoms with Gasteiger partial charge in [-0.2, -0.15) is 0 Å². The molecule has 2 aliphatic heterocycles. The minimum atomic E-state index is 0.185. The second-order valence-corrected chi connectivity index (χ2v) is 6.18. The Balaban J connectivity index is 1.62. The first-order valence-electron chi connectivity index (χ1n) is 7.11. The maximum absolute atomic E-state index is 12.1. The van der Waals surface area contributed by atoms with Gasteiger partial charge < -0.3 is 9.64 Å². The van der Waals surface area contributed by atoms with Crippen LogP contribution in [0.15, 0.2) is 30.3 Å². The normalized spacial score (nSPS) is 24.3. The summed E-state index contributed by atoms with van der Waals surface area (Å²) in [6.45, 7) is 5.33. The first-order valence-corrected chi connectivity index (χ1v) is 8.15. The number of nitrogens with zero attached hydrogens (tertiary/aromatic N) is 2. The lowest BCUT2D eigenvalue weighted by atomic mass is 10.2. The molecule has 0 saturated carbocycles. The molecule has 0 aromatic heterocycles. The van der Waals surface area contributed by atoms with E-state index >= 15 is 0 Å². The van der Waals surface area contributed by atoms with E-state index in [1.54, 1.807) is 11.8 Å². The molecule has 5 heteroatoms. The summed E-state index contributed by atoms with van der Waals surface area (Å²) in [4.78, 5) is 16.5. The monoisotopic (exact) mass is 292 g/mol. The van der Waals surface area contributed by atoms with Gasteiger partial charge in [-0.05, 0) is 5.56 Å². The Morgan fingerprint density at radius 2 is 1.90 bits per heavy atom. The summed E-state index contributed by atoms with van der Waals surface area (Å²) in [5.41, 5.74) is 1.23. The van der Waals surface area contributed by atoms with Gasteiger partial charge in [-0.25, -0.2) is 0 Å². The zero-order valence-electron chi connectivity index (χ0n) is 11.5. The molecule has 4 nitrogen and oxygen atoms in total. The largest absolute Gasteiger partial charge is 0.379 e. The predicted molar refractivity (Wildman–Crippen MR) is 80.6 cm³/mol. The Labute approximate surface area is 124 Å². The van der Waals surface area contributed by atoms with E-state index in [0.717, 1.165) is 39.4 Å². The first kappa shape index (κ1) is 13.9. The van der Waals surface area contributed by atoms with E-state index in [-0.39, 0.29) is 11.3 Å². The van der Waals surface area contributed by atoms with Crippen molar-refractivity contribution in [2.45, 2.75) is 5.37 Å². The highest BCUT2D eigenvalue weighted by Crippen LogP contribution is 2.38.